The predicted molar refractivity (Wildman–Crippen MR) is 85.6 cm³/mol. The van der Waals surface area contributed by atoms with Gasteiger partial charge in [-0.3, -0.25) is 9.69 Å². The zero-order valence-corrected chi connectivity index (χ0v) is 13.3. The maximum atomic E-state index is 13.7. The summed E-state index contributed by atoms with van der Waals surface area (Å²) in [7, 11) is 2.00. The average molecular weight is 316 g/mol. The molecule has 1 amide bonds. The van der Waals surface area contributed by atoms with E-state index in [1.54, 1.807) is 12.1 Å². The second kappa shape index (κ2) is 6.55. The Morgan fingerprint density at radius 2 is 2.00 bits per heavy atom. The van der Waals surface area contributed by atoms with Crippen LogP contribution < -0.4 is 4.90 Å². The highest BCUT2D eigenvalue weighted by molar-refractivity contribution is 5.82. The van der Waals surface area contributed by atoms with Gasteiger partial charge in [-0.2, -0.15) is 5.26 Å². The fraction of sp³-hybridized carbons (Fsp3) is 0.529. The van der Waals surface area contributed by atoms with E-state index < -0.39 is 5.82 Å². The molecule has 3 rings (SSSR count). The highest BCUT2D eigenvalue weighted by Gasteiger charge is 2.33. The van der Waals surface area contributed by atoms with Gasteiger partial charge in [-0.25, -0.2) is 4.39 Å². The molecule has 1 atom stereocenters. The van der Waals surface area contributed by atoms with Crippen molar-refractivity contribution in [2.75, 3.05) is 44.7 Å². The van der Waals surface area contributed by atoms with E-state index in [0.29, 0.717) is 31.9 Å². The van der Waals surface area contributed by atoms with Gasteiger partial charge in [-0.1, -0.05) is 6.07 Å². The quantitative estimate of drug-likeness (QED) is 0.828. The molecule has 2 heterocycles. The van der Waals surface area contributed by atoms with Crippen molar-refractivity contribution < 1.29 is 9.18 Å². The van der Waals surface area contributed by atoms with Crippen molar-refractivity contribution in [2.45, 2.75) is 18.9 Å². The first-order chi connectivity index (χ1) is 11.1. The van der Waals surface area contributed by atoms with Gasteiger partial charge < -0.3 is 9.80 Å². The Kier molecular flexibility index (Phi) is 4.49. The topological polar surface area (TPSA) is 50.6 Å². The van der Waals surface area contributed by atoms with Gasteiger partial charge in [0.25, 0.3) is 0 Å². The zero-order valence-electron chi connectivity index (χ0n) is 13.3. The zero-order chi connectivity index (χ0) is 16.4. The van der Waals surface area contributed by atoms with Gasteiger partial charge in [0, 0.05) is 26.2 Å². The molecule has 0 N–H and O–H groups in total. The van der Waals surface area contributed by atoms with Crippen LogP contribution in [0.2, 0.25) is 0 Å². The Hall–Kier alpha value is -2.13. The lowest BCUT2D eigenvalue weighted by Crippen LogP contribution is -2.53. The molecule has 5 nitrogen and oxygen atoms in total. The van der Waals surface area contributed by atoms with Gasteiger partial charge in [-0.15, -0.1) is 0 Å². The van der Waals surface area contributed by atoms with E-state index in [-0.39, 0.29) is 17.5 Å². The maximum Gasteiger partial charge on any atom is 0.240 e. The Morgan fingerprint density at radius 3 is 2.61 bits per heavy atom. The van der Waals surface area contributed by atoms with E-state index in [0.717, 1.165) is 19.4 Å². The molecule has 2 fully saturated rings. The van der Waals surface area contributed by atoms with Gasteiger partial charge >= 0.3 is 0 Å². The third-order valence-corrected chi connectivity index (χ3v) is 4.84. The van der Waals surface area contributed by atoms with E-state index in [1.807, 2.05) is 22.9 Å². The van der Waals surface area contributed by atoms with Crippen LogP contribution in [0.3, 0.4) is 0 Å². The van der Waals surface area contributed by atoms with Crippen molar-refractivity contribution in [3.05, 3.63) is 29.6 Å². The molecule has 0 spiro atoms. The van der Waals surface area contributed by atoms with Crippen LogP contribution in [0.25, 0.3) is 0 Å². The summed E-state index contributed by atoms with van der Waals surface area (Å²) in [6, 6.07) is 6.64. The number of hydrogen-bond acceptors (Lipinski definition) is 4. The summed E-state index contributed by atoms with van der Waals surface area (Å²) in [6.07, 6.45) is 2.00. The van der Waals surface area contributed by atoms with Gasteiger partial charge in [-0.05, 0) is 38.6 Å². The minimum atomic E-state index is -0.490. The Labute approximate surface area is 135 Å². The Balaban J connectivity index is 1.66. The summed E-state index contributed by atoms with van der Waals surface area (Å²) in [5.74, 6) is -0.291. The predicted octanol–water partition coefficient (Wildman–Crippen LogP) is 1.44. The molecule has 2 saturated heterocycles. The van der Waals surface area contributed by atoms with Crippen LogP contribution in [0.4, 0.5) is 10.1 Å². The van der Waals surface area contributed by atoms with Gasteiger partial charge in [0.05, 0.1) is 11.7 Å². The van der Waals surface area contributed by atoms with Crippen molar-refractivity contribution in [3.8, 4) is 6.07 Å². The number of hydrogen-bond donors (Lipinski definition) is 0. The lowest BCUT2D eigenvalue weighted by atomic mass is 10.1. The normalized spacial score (nSPS) is 22.2. The summed E-state index contributed by atoms with van der Waals surface area (Å²) < 4.78 is 13.7. The van der Waals surface area contributed by atoms with Gasteiger partial charge in [0.15, 0.2) is 0 Å². The number of amides is 1. The van der Waals surface area contributed by atoms with E-state index >= 15 is 0 Å². The summed E-state index contributed by atoms with van der Waals surface area (Å²) in [6.45, 7) is 3.46. The van der Waals surface area contributed by atoms with Gasteiger partial charge in [0.1, 0.15) is 17.4 Å². The number of likely N-dealkylation sites (tertiary alicyclic amines) is 1. The molecule has 1 aromatic rings. The Bertz CT molecular complexity index is 634. The number of halogens is 1. The maximum absolute atomic E-state index is 13.7. The summed E-state index contributed by atoms with van der Waals surface area (Å²) in [5, 5.41) is 9.16. The third kappa shape index (κ3) is 3.02. The number of carbonyl (C=O) groups is 1. The lowest BCUT2D eigenvalue weighted by Gasteiger charge is -2.38. The van der Waals surface area contributed by atoms with Crippen LogP contribution in [0.15, 0.2) is 18.2 Å². The highest BCUT2D eigenvalue weighted by atomic mass is 19.1. The Morgan fingerprint density at radius 1 is 1.26 bits per heavy atom. The molecule has 0 radical (unpaired) electrons. The molecule has 1 aromatic carbocycles. The lowest BCUT2D eigenvalue weighted by molar-refractivity contribution is -0.135. The van der Waals surface area contributed by atoms with Crippen LogP contribution in [-0.4, -0.2) is 61.5 Å². The number of carbonyl (C=O) groups excluding carboxylic acids is 1. The third-order valence-electron chi connectivity index (χ3n) is 4.84. The first-order valence-electron chi connectivity index (χ1n) is 8.04. The molecule has 0 aromatic heterocycles. The monoisotopic (exact) mass is 316 g/mol. The smallest absolute Gasteiger partial charge is 0.240 e. The fourth-order valence-corrected chi connectivity index (χ4v) is 3.49. The van der Waals surface area contributed by atoms with E-state index in [4.69, 9.17) is 5.26 Å². The highest BCUT2D eigenvalue weighted by Crippen LogP contribution is 2.24. The standard InChI is InChI=1S/C17H21FN4O/c1-20-7-3-6-16(20)17(23)22-10-8-21(9-11-22)15-5-2-4-14(18)13(15)12-19/h2,4-5,16H,3,6-11H2,1H3. The molecule has 2 aliphatic rings. The molecule has 6 heteroatoms. The molecule has 1 unspecified atom stereocenters. The largest absolute Gasteiger partial charge is 0.367 e. The minimum absolute atomic E-state index is 0.00499. The average Bonchev–Trinajstić information content (AvgIpc) is 3.00. The number of piperazine rings is 1. The van der Waals surface area contributed by atoms with Crippen LogP contribution >= 0.6 is 0 Å². The molecular weight excluding hydrogens is 295 g/mol. The molecular formula is C17H21FN4O. The van der Waals surface area contributed by atoms with Crippen LogP contribution in [-0.2, 0) is 4.79 Å². The minimum Gasteiger partial charge on any atom is -0.367 e. The molecule has 0 aliphatic carbocycles. The molecule has 0 saturated carbocycles. The van der Waals surface area contributed by atoms with E-state index in [9.17, 15) is 9.18 Å². The van der Waals surface area contributed by atoms with Crippen molar-refractivity contribution in [1.29, 1.82) is 5.26 Å². The van der Waals surface area contributed by atoms with Crippen LogP contribution in [0, 0.1) is 17.1 Å². The number of anilines is 1. The molecule has 122 valence electrons. The molecule has 0 bridgehead atoms. The van der Waals surface area contributed by atoms with E-state index in [2.05, 4.69) is 4.90 Å². The first-order valence-corrected chi connectivity index (χ1v) is 8.04. The molecule has 2 aliphatic heterocycles. The van der Waals surface area contributed by atoms with Crippen molar-refractivity contribution in [1.82, 2.24) is 9.80 Å². The number of benzene rings is 1. The second-order valence-corrected chi connectivity index (χ2v) is 6.20. The SMILES string of the molecule is CN1CCCC1C(=O)N1CCN(c2cccc(F)c2C#N)CC1. The number of likely N-dealkylation sites (N-methyl/N-ethyl adjacent to an activating group) is 1. The summed E-state index contributed by atoms with van der Waals surface area (Å²) >= 11 is 0. The second-order valence-electron chi connectivity index (χ2n) is 6.20. The number of nitrogens with zero attached hydrogens (tertiary/aromatic N) is 4. The van der Waals surface area contributed by atoms with Crippen LogP contribution in [0.1, 0.15) is 18.4 Å². The van der Waals surface area contributed by atoms with Gasteiger partial charge in [0.2, 0.25) is 5.91 Å². The number of nitriles is 1. The molecule has 23 heavy (non-hydrogen) atoms. The van der Waals surface area contributed by atoms with E-state index in [1.165, 1.54) is 6.07 Å². The van der Waals surface area contributed by atoms with Crippen molar-refractivity contribution in [3.63, 3.8) is 0 Å². The summed E-state index contributed by atoms with van der Waals surface area (Å²) in [4.78, 5) is 18.6. The fourth-order valence-electron chi connectivity index (χ4n) is 3.49. The number of rotatable bonds is 2. The summed E-state index contributed by atoms with van der Waals surface area (Å²) in [5.41, 5.74) is 0.709. The van der Waals surface area contributed by atoms with Crippen molar-refractivity contribution >= 4 is 11.6 Å². The van der Waals surface area contributed by atoms with Crippen LogP contribution in [0.5, 0.6) is 0 Å². The van der Waals surface area contributed by atoms with Crippen molar-refractivity contribution in [2.24, 2.45) is 0 Å². The first kappa shape index (κ1) is 15.8.